The van der Waals surface area contributed by atoms with Gasteiger partial charge in [0.25, 0.3) is 0 Å². The Hall–Kier alpha value is -5.08. The van der Waals surface area contributed by atoms with Crippen molar-refractivity contribution in [2.45, 2.75) is 108 Å². The highest BCUT2D eigenvalue weighted by molar-refractivity contribution is 5.85. The zero-order chi connectivity index (χ0) is 39.3. The summed E-state index contributed by atoms with van der Waals surface area (Å²) < 4.78 is 0. The Bertz CT molecular complexity index is 2250. The van der Waals surface area contributed by atoms with Crippen molar-refractivity contribution in [3.05, 3.63) is 165 Å². The van der Waals surface area contributed by atoms with Gasteiger partial charge in [-0.15, -0.1) is 0 Å². The topological polar surface area (TPSA) is 6.48 Å². The molecule has 0 atom stereocenters. The summed E-state index contributed by atoms with van der Waals surface area (Å²) in [6, 6.07) is 41.4. The molecule has 6 aromatic carbocycles. The molecule has 0 amide bonds. The molecule has 278 valence electrons. The third-order valence-corrected chi connectivity index (χ3v) is 11.1. The minimum Gasteiger partial charge on any atom is -0.310 e. The van der Waals surface area contributed by atoms with Crippen molar-refractivity contribution in [3.8, 4) is 11.1 Å². The molecular weight excluding hydrogens is 653 g/mol. The van der Waals surface area contributed by atoms with Gasteiger partial charge in [-0.3, -0.25) is 0 Å². The lowest BCUT2D eigenvalue weighted by atomic mass is 9.84. The maximum Gasteiger partial charge on any atom is 0.0520 e. The molecule has 6 aromatic rings. The SMILES string of the molecule is Cc1ccc(N(c2ccc(N(c3ccc(-c4cc(C)c(C)cc4C)cc3)c3c(C)cc(C(C)(C)C)cc3C)cc2)c2c(C)cc(C(C)(C)C)cc2C)cc1. The maximum absolute atomic E-state index is 2.45. The maximum atomic E-state index is 2.45. The van der Waals surface area contributed by atoms with Gasteiger partial charge in [-0.2, -0.15) is 0 Å². The molecule has 0 aliphatic heterocycles. The first-order valence-corrected chi connectivity index (χ1v) is 19.5. The second-order valence-electron chi connectivity index (χ2n) is 17.7. The average Bonchev–Trinajstić information content (AvgIpc) is 3.09. The fraction of sp³-hybridized carbons (Fsp3) is 0.308. The molecule has 0 aliphatic rings. The highest BCUT2D eigenvalue weighted by atomic mass is 15.2. The normalized spacial score (nSPS) is 11.9. The number of rotatable bonds is 7. The van der Waals surface area contributed by atoms with Crippen molar-refractivity contribution in [1.82, 2.24) is 0 Å². The van der Waals surface area contributed by atoms with Crippen LogP contribution in [0.4, 0.5) is 34.1 Å². The first-order chi connectivity index (χ1) is 25.3. The third-order valence-electron chi connectivity index (χ3n) is 11.1. The van der Waals surface area contributed by atoms with E-state index in [4.69, 9.17) is 0 Å². The summed E-state index contributed by atoms with van der Waals surface area (Å²) >= 11 is 0. The van der Waals surface area contributed by atoms with E-state index in [1.54, 1.807) is 0 Å². The van der Waals surface area contributed by atoms with Crippen LogP contribution in [0.1, 0.15) is 97.2 Å². The van der Waals surface area contributed by atoms with E-state index < -0.39 is 0 Å². The fourth-order valence-electron chi connectivity index (χ4n) is 7.80. The molecule has 0 bridgehead atoms. The van der Waals surface area contributed by atoms with E-state index in [2.05, 4.69) is 216 Å². The van der Waals surface area contributed by atoms with E-state index in [-0.39, 0.29) is 10.8 Å². The number of hydrogen-bond acceptors (Lipinski definition) is 2. The highest BCUT2D eigenvalue weighted by Gasteiger charge is 2.24. The molecule has 0 saturated carbocycles. The average molecular weight is 713 g/mol. The first-order valence-electron chi connectivity index (χ1n) is 19.5. The van der Waals surface area contributed by atoms with Gasteiger partial charge in [-0.25, -0.2) is 0 Å². The van der Waals surface area contributed by atoms with Gasteiger partial charge in [-0.05, 0) is 176 Å². The summed E-state index contributed by atoms with van der Waals surface area (Å²) in [6.07, 6.45) is 0. The van der Waals surface area contributed by atoms with E-state index in [1.165, 1.54) is 78.1 Å². The van der Waals surface area contributed by atoms with Gasteiger partial charge in [0.15, 0.2) is 0 Å². The van der Waals surface area contributed by atoms with Crippen LogP contribution in [0.5, 0.6) is 0 Å². The van der Waals surface area contributed by atoms with Crippen molar-refractivity contribution in [3.63, 3.8) is 0 Å². The molecule has 0 heterocycles. The van der Waals surface area contributed by atoms with E-state index >= 15 is 0 Å². The van der Waals surface area contributed by atoms with Gasteiger partial charge in [-0.1, -0.05) is 108 Å². The van der Waals surface area contributed by atoms with Gasteiger partial charge in [0.05, 0.1) is 11.4 Å². The highest BCUT2D eigenvalue weighted by Crippen LogP contribution is 2.45. The minimum atomic E-state index is 0.0625. The van der Waals surface area contributed by atoms with Gasteiger partial charge < -0.3 is 9.80 Å². The summed E-state index contributed by atoms with van der Waals surface area (Å²) in [7, 11) is 0. The quantitative estimate of drug-likeness (QED) is 0.163. The monoisotopic (exact) mass is 712 g/mol. The van der Waals surface area contributed by atoms with Crippen LogP contribution in [0, 0.1) is 55.4 Å². The molecule has 0 saturated heterocycles. The summed E-state index contributed by atoms with van der Waals surface area (Å²) in [5.41, 5.74) is 22.7. The predicted octanol–water partition coefficient (Wildman–Crippen LogP) is 15.4. The van der Waals surface area contributed by atoms with Crippen molar-refractivity contribution in [1.29, 1.82) is 0 Å². The number of hydrogen-bond donors (Lipinski definition) is 0. The molecule has 0 unspecified atom stereocenters. The third kappa shape index (κ3) is 7.76. The van der Waals surface area contributed by atoms with E-state index in [0.29, 0.717) is 0 Å². The van der Waals surface area contributed by atoms with Crippen LogP contribution in [0.2, 0.25) is 0 Å². The Morgan fingerprint density at radius 1 is 0.333 bits per heavy atom. The van der Waals surface area contributed by atoms with Crippen LogP contribution in [-0.4, -0.2) is 0 Å². The Morgan fingerprint density at radius 3 is 1.00 bits per heavy atom. The largest absolute Gasteiger partial charge is 0.310 e. The summed E-state index contributed by atoms with van der Waals surface area (Å²) in [5.74, 6) is 0. The van der Waals surface area contributed by atoms with Crippen LogP contribution < -0.4 is 9.80 Å². The van der Waals surface area contributed by atoms with Gasteiger partial charge in [0.2, 0.25) is 0 Å². The number of anilines is 6. The number of nitrogens with zero attached hydrogens (tertiary/aromatic N) is 2. The van der Waals surface area contributed by atoms with Crippen LogP contribution in [0.3, 0.4) is 0 Å². The van der Waals surface area contributed by atoms with Gasteiger partial charge in [0.1, 0.15) is 0 Å². The zero-order valence-electron chi connectivity index (χ0n) is 35.3. The molecule has 2 heteroatoms. The second-order valence-corrected chi connectivity index (χ2v) is 17.7. The second kappa shape index (κ2) is 14.6. The Kier molecular flexibility index (Phi) is 10.5. The van der Waals surface area contributed by atoms with Gasteiger partial charge >= 0.3 is 0 Å². The van der Waals surface area contributed by atoms with E-state index in [9.17, 15) is 0 Å². The Morgan fingerprint density at radius 2 is 0.648 bits per heavy atom. The minimum absolute atomic E-state index is 0.0625. The Balaban J connectivity index is 1.50. The molecule has 0 N–H and O–H groups in total. The lowest BCUT2D eigenvalue weighted by Gasteiger charge is -2.33. The molecule has 0 spiro atoms. The fourth-order valence-corrected chi connectivity index (χ4v) is 7.80. The predicted molar refractivity (Wildman–Crippen MR) is 237 cm³/mol. The van der Waals surface area contributed by atoms with E-state index in [1.807, 2.05) is 0 Å². The van der Waals surface area contributed by atoms with Crippen LogP contribution >= 0.6 is 0 Å². The Labute approximate surface area is 326 Å². The van der Waals surface area contributed by atoms with Crippen molar-refractivity contribution < 1.29 is 0 Å². The van der Waals surface area contributed by atoms with Crippen molar-refractivity contribution >= 4 is 34.1 Å². The molecule has 6 rings (SSSR count). The summed E-state index contributed by atoms with van der Waals surface area (Å²) in [4.78, 5) is 4.88. The van der Waals surface area contributed by atoms with Crippen molar-refractivity contribution in [2.75, 3.05) is 9.80 Å². The van der Waals surface area contributed by atoms with Crippen LogP contribution in [0.15, 0.2) is 109 Å². The molecule has 0 fully saturated rings. The summed E-state index contributed by atoms with van der Waals surface area (Å²) in [5, 5.41) is 0. The molecule has 54 heavy (non-hydrogen) atoms. The molecular formula is C52H60N2. The van der Waals surface area contributed by atoms with Crippen LogP contribution in [-0.2, 0) is 10.8 Å². The standard InChI is InChI=1S/C52H60N2/c1-33-15-19-44(20-16-33)53(49-37(5)28-42(29-38(49)6)51(9,10)11)46-23-25-47(26-24-46)54(50-39(7)30-43(31-40(50)8)52(12,13)14)45-21-17-41(18-22-45)48-32-35(3)34(2)27-36(48)4/h15-32H,1-14H3. The lowest BCUT2D eigenvalue weighted by molar-refractivity contribution is 0.589. The van der Waals surface area contributed by atoms with E-state index in [0.717, 1.165) is 22.7 Å². The first kappa shape index (κ1) is 38.6. The smallest absolute Gasteiger partial charge is 0.0520 e. The van der Waals surface area contributed by atoms with Gasteiger partial charge in [0, 0.05) is 22.7 Å². The van der Waals surface area contributed by atoms with Crippen molar-refractivity contribution in [2.24, 2.45) is 0 Å². The molecule has 0 aliphatic carbocycles. The summed E-state index contributed by atoms with van der Waals surface area (Å²) in [6.45, 7) is 31.6. The number of aryl methyl sites for hydroxylation is 8. The van der Waals surface area contributed by atoms with Crippen LogP contribution in [0.25, 0.3) is 11.1 Å². The number of benzene rings is 6. The molecule has 2 nitrogen and oxygen atoms in total. The molecule has 0 radical (unpaired) electrons. The lowest BCUT2D eigenvalue weighted by Crippen LogP contribution is -2.17. The zero-order valence-corrected chi connectivity index (χ0v) is 35.3. The molecule has 0 aromatic heterocycles.